The Labute approximate surface area is 218 Å². The third-order valence-corrected chi connectivity index (χ3v) is 7.76. The van der Waals surface area contributed by atoms with Crippen molar-refractivity contribution >= 4 is 11.8 Å². The van der Waals surface area contributed by atoms with Crippen molar-refractivity contribution in [1.29, 1.82) is 0 Å². The van der Waals surface area contributed by atoms with Gasteiger partial charge in [-0.2, -0.15) is 0 Å². The number of pyridine rings is 1. The highest BCUT2D eigenvalue weighted by molar-refractivity contribution is 6.02. The average Bonchev–Trinajstić information content (AvgIpc) is 2.95. The van der Waals surface area contributed by atoms with Gasteiger partial charge in [0, 0.05) is 38.1 Å². The monoisotopic (exact) mass is 499 g/mol. The van der Waals surface area contributed by atoms with Gasteiger partial charge < -0.3 is 19.3 Å². The second-order valence-corrected chi connectivity index (χ2v) is 9.88. The van der Waals surface area contributed by atoms with E-state index in [1.165, 1.54) is 5.56 Å². The number of methoxy groups -OCH3 is 2. The zero-order chi connectivity index (χ0) is 25.9. The van der Waals surface area contributed by atoms with Crippen LogP contribution in [0.5, 0.6) is 11.5 Å². The number of carbonyl (C=O) groups excluding carboxylic acids is 2. The summed E-state index contributed by atoms with van der Waals surface area (Å²) in [5.74, 6) is 0.814. The fourth-order valence-electron chi connectivity index (χ4n) is 5.78. The van der Waals surface area contributed by atoms with Crippen molar-refractivity contribution in [3.63, 3.8) is 0 Å². The molecule has 0 bridgehead atoms. The zero-order valence-corrected chi connectivity index (χ0v) is 21.6. The van der Waals surface area contributed by atoms with Gasteiger partial charge >= 0.3 is 0 Å². The highest BCUT2D eigenvalue weighted by Crippen LogP contribution is 2.46. The topological polar surface area (TPSA) is 72.0 Å². The number of rotatable bonds is 6. The first-order chi connectivity index (χ1) is 18.0. The van der Waals surface area contributed by atoms with Crippen LogP contribution in [0.2, 0.25) is 0 Å². The molecular formula is C30H33N3O4. The van der Waals surface area contributed by atoms with Gasteiger partial charge in [-0.05, 0) is 60.1 Å². The molecule has 3 heterocycles. The number of benzene rings is 2. The maximum atomic E-state index is 14.3. The van der Waals surface area contributed by atoms with E-state index in [9.17, 15) is 9.59 Å². The Balaban J connectivity index is 1.48. The van der Waals surface area contributed by atoms with Gasteiger partial charge in [-0.3, -0.25) is 14.6 Å². The summed E-state index contributed by atoms with van der Waals surface area (Å²) in [5, 5.41) is 0. The van der Waals surface area contributed by atoms with Crippen LogP contribution in [0.15, 0.2) is 67.0 Å². The van der Waals surface area contributed by atoms with Crippen molar-refractivity contribution in [3.05, 3.63) is 89.2 Å². The fourth-order valence-corrected chi connectivity index (χ4v) is 5.78. The lowest BCUT2D eigenvalue weighted by molar-refractivity contribution is -0.136. The molecule has 0 spiro atoms. The van der Waals surface area contributed by atoms with Crippen LogP contribution in [0.4, 0.5) is 0 Å². The molecule has 0 aliphatic carbocycles. The molecule has 1 aromatic heterocycles. The number of hydrogen-bond donors (Lipinski definition) is 0. The molecule has 2 amide bonds. The van der Waals surface area contributed by atoms with Crippen molar-refractivity contribution in [2.45, 2.75) is 31.2 Å². The number of aromatic nitrogens is 1. The summed E-state index contributed by atoms with van der Waals surface area (Å²) in [5.41, 5.74) is 3.31. The molecule has 7 heteroatoms. The highest BCUT2D eigenvalue weighted by atomic mass is 16.5. The summed E-state index contributed by atoms with van der Waals surface area (Å²) in [7, 11) is 4.86. The Morgan fingerprint density at radius 2 is 1.70 bits per heavy atom. The van der Waals surface area contributed by atoms with Gasteiger partial charge in [0.15, 0.2) is 11.5 Å². The third kappa shape index (κ3) is 4.78. The highest BCUT2D eigenvalue weighted by Gasteiger charge is 2.45. The van der Waals surface area contributed by atoms with Crippen LogP contribution < -0.4 is 9.47 Å². The van der Waals surface area contributed by atoms with Crippen molar-refractivity contribution in [3.8, 4) is 11.5 Å². The minimum atomic E-state index is -0.577. The Kier molecular flexibility index (Phi) is 7.12. The maximum Gasteiger partial charge on any atom is 0.254 e. The molecule has 192 valence electrons. The van der Waals surface area contributed by atoms with Crippen LogP contribution in [0, 0.1) is 5.92 Å². The number of nitrogens with zero attached hydrogens (tertiary/aromatic N) is 3. The van der Waals surface area contributed by atoms with Crippen LogP contribution in [0.1, 0.15) is 51.8 Å². The minimum Gasteiger partial charge on any atom is -0.493 e. The molecule has 37 heavy (non-hydrogen) atoms. The van der Waals surface area contributed by atoms with E-state index in [4.69, 9.17) is 9.47 Å². The minimum absolute atomic E-state index is 0.0276. The molecule has 2 atom stereocenters. The van der Waals surface area contributed by atoms with Gasteiger partial charge in [0.25, 0.3) is 5.91 Å². The Morgan fingerprint density at radius 1 is 1.00 bits per heavy atom. The van der Waals surface area contributed by atoms with Crippen molar-refractivity contribution in [2.24, 2.45) is 5.92 Å². The average molecular weight is 500 g/mol. The normalized spacial score (nSPS) is 19.9. The third-order valence-electron chi connectivity index (χ3n) is 7.76. The summed E-state index contributed by atoms with van der Waals surface area (Å²) in [6.45, 7) is 1.40. The van der Waals surface area contributed by atoms with Crippen molar-refractivity contribution < 1.29 is 19.1 Å². The van der Waals surface area contributed by atoms with E-state index in [1.54, 1.807) is 50.7 Å². The lowest BCUT2D eigenvalue weighted by Crippen LogP contribution is -2.48. The Morgan fingerprint density at radius 3 is 2.35 bits per heavy atom. The number of amides is 2. The standard InChI is InChI=1S/C30H33N3O4/c1-32-28(22-10-7-13-31-19-22)27(23-17-25(36-2)26(37-3)18-24(23)29(32)34)30(35)33-14-11-21(12-15-33)16-20-8-5-4-6-9-20/h4-10,13,17-19,21,27-28H,11-12,14-16H2,1-3H3/t27-,28-/m1/s1. The van der Waals surface area contributed by atoms with Gasteiger partial charge in [0.2, 0.25) is 5.91 Å². The van der Waals surface area contributed by atoms with E-state index >= 15 is 0 Å². The maximum absolute atomic E-state index is 14.3. The first-order valence-electron chi connectivity index (χ1n) is 12.8. The predicted molar refractivity (Wildman–Crippen MR) is 141 cm³/mol. The lowest BCUT2D eigenvalue weighted by Gasteiger charge is -2.43. The predicted octanol–water partition coefficient (Wildman–Crippen LogP) is 4.49. The molecule has 0 unspecified atom stereocenters. The van der Waals surface area contributed by atoms with Crippen LogP contribution in [-0.4, -0.2) is 61.0 Å². The molecule has 2 aliphatic rings. The van der Waals surface area contributed by atoms with Crippen LogP contribution >= 0.6 is 0 Å². The Hall–Kier alpha value is -3.87. The van der Waals surface area contributed by atoms with Gasteiger partial charge in [0.05, 0.1) is 26.2 Å². The molecule has 2 aliphatic heterocycles. The van der Waals surface area contributed by atoms with E-state index in [0.29, 0.717) is 41.6 Å². The summed E-state index contributed by atoms with van der Waals surface area (Å²) >= 11 is 0. The first-order valence-corrected chi connectivity index (χ1v) is 12.8. The lowest BCUT2D eigenvalue weighted by atomic mass is 9.78. The summed E-state index contributed by atoms with van der Waals surface area (Å²) < 4.78 is 11.0. The second-order valence-electron chi connectivity index (χ2n) is 9.88. The number of hydrogen-bond acceptors (Lipinski definition) is 5. The molecule has 7 nitrogen and oxygen atoms in total. The van der Waals surface area contributed by atoms with Crippen molar-refractivity contribution in [1.82, 2.24) is 14.8 Å². The van der Waals surface area contributed by atoms with Crippen molar-refractivity contribution in [2.75, 3.05) is 34.4 Å². The van der Waals surface area contributed by atoms with E-state index in [2.05, 4.69) is 29.2 Å². The molecule has 0 N–H and O–H groups in total. The van der Waals surface area contributed by atoms with Crippen LogP contribution in [0.3, 0.4) is 0 Å². The first kappa shape index (κ1) is 24.8. The van der Waals surface area contributed by atoms with Gasteiger partial charge in [0.1, 0.15) is 0 Å². The quantitative estimate of drug-likeness (QED) is 0.500. The molecule has 1 fully saturated rings. The number of carbonyl (C=O) groups is 2. The second kappa shape index (κ2) is 10.6. The van der Waals surface area contributed by atoms with Gasteiger partial charge in [-0.25, -0.2) is 0 Å². The number of likely N-dealkylation sites (N-methyl/N-ethyl adjacent to an activating group) is 1. The molecule has 5 rings (SSSR count). The summed E-state index contributed by atoms with van der Waals surface area (Å²) in [6.07, 6.45) is 6.38. The number of likely N-dealkylation sites (tertiary alicyclic amines) is 1. The van der Waals surface area contributed by atoms with E-state index in [1.807, 2.05) is 23.1 Å². The van der Waals surface area contributed by atoms with Gasteiger partial charge in [-0.1, -0.05) is 36.4 Å². The van der Waals surface area contributed by atoms with Gasteiger partial charge in [-0.15, -0.1) is 0 Å². The van der Waals surface area contributed by atoms with E-state index < -0.39 is 12.0 Å². The number of fused-ring (bicyclic) bond motifs is 1. The fraction of sp³-hybridized carbons (Fsp3) is 0.367. The molecule has 2 aromatic carbocycles. The molecular weight excluding hydrogens is 466 g/mol. The number of piperidine rings is 1. The summed E-state index contributed by atoms with van der Waals surface area (Å²) in [6, 6.07) is 17.3. The largest absolute Gasteiger partial charge is 0.493 e. The molecule has 0 saturated carbocycles. The molecule has 1 saturated heterocycles. The molecule has 3 aromatic rings. The van der Waals surface area contributed by atoms with E-state index in [-0.39, 0.29) is 11.8 Å². The smallest absolute Gasteiger partial charge is 0.254 e. The van der Waals surface area contributed by atoms with Crippen LogP contribution in [0.25, 0.3) is 0 Å². The van der Waals surface area contributed by atoms with Crippen LogP contribution in [-0.2, 0) is 11.2 Å². The zero-order valence-electron chi connectivity index (χ0n) is 21.6. The Bertz CT molecular complexity index is 1260. The molecule has 0 radical (unpaired) electrons. The summed E-state index contributed by atoms with van der Waals surface area (Å²) in [4.78, 5) is 35.7. The SMILES string of the molecule is COc1cc2c(cc1OC)[C@@H](C(=O)N1CCC(Cc3ccccc3)CC1)[C@@H](c1cccnc1)N(C)C2=O. The van der Waals surface area contributed by atoms with E-state index in [0.717, 1.165) is 24.8 Å². The number of ether oxygens (including phenoxy) is 2.